The first-order valence-electron chi connectivity index (χ1n) is 8.66. The van der Waals surface area contributed by atoms with E-state index in [4.69, 9.17) is 5.73 Å². The van der Waals surface area contributed by atoms with E-state index in [0.29, 0.717) is 31.7 Å². The number of carbonyl (C=O) groups is 2. The van der Waals surface area contributed by atoms with Gasteiger partial charge in [0, 0.05) is 31.7 Å². The van der Waals surface area contributed by atoms with Crippen molar-refractivity contribution in [2.45, 2.75) is 37.6 Å². The summed E-state index contributed by atoms with van der Waals surface area (Å²) in [7, 11) is 0. The second-order valence-electron chi connectivity index (χ2n) is 6.85. The number of amides is 2. The first kappa shape index (κ1) is 16.8. The van der Waals surface area contributed by atoms with Gasteiger partial charge in [-0.2, -0.15) is 0 Å². The molecule has 0 unspecified atom stereocenters. The van der Waals surface area contributed by atoms with E-state index in [9.17, 15) is 14.7 Å². The molecule has 1 heterocycles. The summed E-state index contributed by atoms with van der Waals surface area (Å²) in [5.74, 6) is 0.00168. The first-order valence-corrected chi connectivity index (χ1v) is 8.66. The number of rotatable bonds is 2. The lowest BCUT2D eigenvalue weighted by atomic mass is 9.81. The van der Waals surface area contributed by atoms with Gasteiger partial charge in [-0.05, 0) is 31.0 Å². The molecule has 1 aliphatic carbocycles. The van der Waals surface area contributed by atoms with Gasteiger partial charge in [0.25, 0.3) is 5.91 Å². The van der Waals surface area contributed by atoms with Crippen molar-refractivity contribution in [2.75, 3.05) is 26.2 Å². The number of piperazine rings is 1. The molecule has 3 N–H and O–H groups in total. The first-order chi connectivity index (χ1) is 11.5. The van der Waals surface area contributed by atoms with Crippen molar-refractivity contribution < 1.29 is 14.7 Å². The molecule has 3 rings (SSSR count). The van der Waals surface area contributed by atoms with Crippen LogP contribution in [0.3, 0.4) is 0 Å². The van der Waals surface area contributed by atoms with Crippen molar-refractivity contribution in [2.24, 2.45) is 5.73 Å². The monoisotopic (exact) mass is 331 g/mol. The van der Waals surface area contributed by atoms with Gasteiger partial charge in [-0.3, -0.25) is 9.59 Å². The molecule has 0 radical (unpaired) electrons. The number of aromatic hydroxyl groups is 1. The highest BCUT2D eigenvalue weighted by Gasteiger charge is 2.39. The van der Waals surface area contributed by atoms with Crippen molar-refractivity contribution in [3.05, 3.63) is 29.8 Å². The van der Waals surface area contributed by atoms with Crippen molar-refractivity contribution in [1.29, 1.82) is 0 Å². The Morgan fingerprint density at radius 1 is 1.00 bits per heavy atom. The Bertz CT molecular complexity index is 618. The van der Waals surface area contributed by atoms with Crippen LogP contribution in [0.15, 0.2) is 24.3 Å². The van der Waals surface area contributed by atoms with Crippen LogP contribution in [0.5, 0.6) is 5.75 Å². The van der Waals surface area contributed by atoms with E-state index in [-0.39, 0.29) is 17.6 Å². The van der Waals surface area contributed by atoms with Gasteiger partial charge in [0.15, 0.2) is 0 Å². The normalized spacial score (nSPS) is 20.7. The zero-order valence-corrected chi connectivity index (χ0v) is 13.9. The molecule has 24 heavy (non-hydrogen) atoms. The van der Waals surface area contributed by atoms with E-state index in [1.807, 2.05) is 0 Å². The lowest BCUT2D eigenvalue weighted by molar-refractivity contribution is -0.139. The molecule has 0 spiro atoms. The molecule has 1 aliphatic heterocycles. The molecule has 1 aromatic rings. The lowest BCUT2D eigenvalue weighted by Gasteiger charge is -2.41. The van der Waals surface area contributed by atoms with Crippen molar-refractivity contribution in [3.63, 3.8) is 0 Å². The smallest absolute Gasteiger partial charge is 0.254 e. The SMILES string of the molecule is NC1(C(=O)N2CCN(C(=O)c3cccc(O)c3)CC2)CCCCC1. The number of nitrogens with two attached hydrogens (primary N) is 1. The second kappa shape index (κ2) is 6.81. The summed E-state index contributed by atoms with van der Waals surface area (Å²) in [6, 6.07) is 6.36. The second-order valence-corrected chi connectivity index (χ2v) is 6.85. The third-order valence-electron chi connectivity index (χ3n) is 5.12. The fraction of sp³-hybridized carbons (Fsp3) is 0.556. The fourth-order valence-corrected chi connectivity index (χ4v) is 3.65. The van der Waals surface area contributed by atoms with E-state index >= 15 is 0 Å². The minimum atomic E-state index is -0.713. The van der Waals surface area contributed by atoms with Gasteiger partial charge >= 0.3 is 0 Å². The average molecular weight is 331 g/mol. The molecule has 130 valence electrons. The van der Waals surface area contributed by atoms with Crippen LogP contribution in [0.2, 0.25) is 0 Å². The highest BCUT2D eigenvalue weighted by Crippen LogP contribution is 2.28. The van der Waals surface area contributed by atoms with Gasteiger partial charge in [-0.15, -0.1) is 0 Å². The molecule has 0 aromatic heterocycles. The zero-order chi connectivity index (χ0) is 17.2. The molecule has 1 aromatic carbocycles. The molecule has 0 bridgehead atoms. The summed E-state index contributed by atoms with van der Waals surface area (Å²) in [4.78, 5) is 28.7. The number of phenolic OH excluding ortho intramolecular Hbond substituents is 1. The molecule has 6 heteroatoms. The molecular weight excluding hydrogens is 306 g/mol. The van der Waals surface area contributed by atoms with Crippen LogP contribution in [-0.2, 0) is 4.79 Å². The number of benzene rings is 1. The molecule has 2 fully saturated rings. The van der Waals surface area contributed by atoms with Crippen LogP contribution in [0.1, 0.15) is 42.5 Å². The van der Waals surface area contributed by atoms with E-state index in [2.05, 4.69) is 0 Å². The number of hydrogen-bond donors (Lipinski definition) is 2. The Kier molecular flexibility index (Phi) is 4.76. The predicted octanol–water partition coefficient (Wildman–Crippen LogP) is 1.34. The maximum absolute atomic E-state index is 12.7. The third-order valence-corrected chi connectivity index (χ3v) is 5.12. The summed E-state index contributed by atoms with van der Waals surface area (Å²) in [5.41, 5.74) is 6.09. The Hall–Kier alpha value is -2.08. The Morgan fingerprint density at radius 2 is 1.62 bits per heavy atom. The Balaban J connectivity index is 1.59. The van der Waals surface area contributed by atoms with Crippen LogP contribution in [-0.4, -0.2) is 58.4 Å². The summed E-state index contributed by atoms with van der Waals surface area (Å²) in [5, 5.41) is 9.51. The van der Waals surface area contributed by atoms with E-state index in [0.717, 1.165) is 32.1 Å². The van der Waals surface area contributed by atoms with Crippen molar-refractivity contribution >= 4 is 11.8 Å². The van der Waals surface area contributed by atoms with Crippen LogP contribution < -0.4 is 5.73 Å². The van der Waals surface area contributed by atoms with Gasteiger partial charge in [0.2, 0.25) is 5.91 Å². The van der Waals surface area contributed by atoms with Crippen LogP contribution in [0.4, 0.5) is 0 Å². The predicted molar refractivity (Wildman–Crippen MR) is 90.6 cm³/mol. The largest absolute Gasteiger partial charge is 0.508 e. The number of nitrogens with zero attached hydrogens (tertiary/aromatic N) is 2. The number of carbonyl (C=O) groups excluding carboxylic acids is 2. The summed E-state index contributed by atoms with van der Waals surface area (Å²) in [6.07, 6.45) is 4.69. The van der Waals surface area contributed by atoms with Gasteiger partial charge < -0.3 is 20.6 Å². The summed E-state index contributed by atoms with van der Waals surface area (Å²) in [6.45, 7) is 2.03. The van der Waals surface area contributed by atoms with E-state index < -0.39 is 5.54 Å². The van der Waals surface area contributed by atoms with Crippen molar-refractivity contribution in [1.82, 2.24) is 9.80 Å². The topological polar surface area (TPSA) is 86.9 Å². The maximum atomic E-state index is 12.7. The lowest BCUT2D eigenvalue weighted by Crippen LogP contribution is -2.60. The van der Waals surface area contributed by atoms with Crippen molar-refractivity contribution in [3.8, 4) is 5.75 Å². The molecular formula is C18H25N3O3. The van der Waals surface area contributed by atoms with Gasteiger partial charge in [0.1, 0.15) is 5.75 Å². The molecule has 6 nitrogen and oxygen atoms in total. The van der Waals surface area contributed by atoms with Crippen LogP contribution in [0.25, 0.3) is 0 Å². The molecule has 0 atom stereocenters. The quantitative estimate of drug-likeness (QED) is 0.856. The Labute approximate surface area is 142 Å². The standard InChI is InChI=1S/C18H25N3O3/c19-18(7-2-1-3-8-18)17(24)21-11-9-20(10-12-21)16(23)14-5-4-6-15(22)13-14/h4-6,13,22H,1-3,7-12,19H2. The highest BCUT2D eigenvalue weighted by molar-refractivity contribution is 5.95. The van der Waals surface area contributed by atoms with Crippen LogP contribution >= 0.6 is 0 Å². The van der Waals surface area contributed by atoms with Crippen LogP contribution in [0, 0.1) is 0 Å². The minimum absolute atomic E-state index is 0.0339. The van der Waals surface area contributed by atoms with Gasteiger partial charge in [-0.25, -0.2) is 0 Å². The summed E-state index contributed by atoms with van der Waals surface area (Å²) >= 11 is 0. The summed E-state index contributed by atoms with van der Waals surface area (Å²) < 4.78 is 0. The maximum Gasteiger partial charge on any atom is 0.254 e. The average Bonchev–Trinajstić information content (AvgIpc) is 2.61. The van der Waals surface area contributed by atoms with E-state index in [1.54, 1.807) is 21.9 Å². The van der Waals surface area contributed by atoms with E-state index in [1.165, 1.54) is 12.1 Å². The molecule has 2 aliphatic rings. The Morgan fingerprint density at radius 3 is 2.25 bits per heavy atom. The molecule has 2 amide bonds. The minimum Gasteiger partial charge on any atom is -0.508 e. The molecule has 1 saturated carbocycles. The van der Waals surface area contributed by atoms with Gasteiger partial charge in [0.05, 0.1) is 5.54 Å². The fourth-order valence-electron chi connectivity index (χ4n) is 3.65. The molecule has 1 saturated heterocycles. The highest BCUT2D eigenvalue weighted by atomic mass is 16.3. The van der Waals surface area contributed by atoms with Gasteiger partial charge in [-0.1, -0.05) is 25.3 Å². The zero-order valence-electron chi connectivity index (χ0n) is 13.9. The number of phenols is 1. The third kappa shape index (κ3) is 3.38. The number of hydrogen-bond acceptors (Lipinski definition) is 4.